The van der Waals surface area contributed by atoms with Gasteiger partial charge in [0, 0.05) is 24.8 Å². The second kappa shape index (κ2) is 3.67. The molecule has 0 radical (unpaired) electrons. The Kier molecular flexibility index (Phi) is 2.52. The van der Waals surface area contributed by atoms with Gasteiger partial charge in [-0.1, -0.05) is 6.07 Å². The summed E-state index contributed by atoms with van der Waals surface area (Å²) in [5, 5.41) is 0. The molecule has 0 bridgehead atoms. The molecule has 3 heteroatoms. The maximum atomic E-state index is 6.04. The minimum absolute atomic E-state index is 0.101. The first-order valence-corrected chi connectivity index (χ1v) is 5.05. The van der Waals surface area contributed by atoms with Crippen LogP contribution >= 0.6 is 0 Å². The normalized spacial score (nSPS) is 18.5. The summed E-state index contributed by atoms with van der Waals surface area (Å²) < 4.78 is 0. The fourth-order valence-corrected chi connectivity index (χ4v) is 1.68. The van der Waals surface area contributed by atoms with E-state index in [-0.39, 0.29) is 5.54 Å². The Morgan fingerprint density at radius 1 is 1.50 bits per heavy atom. The number of hydrogen-bond donors (Lipinski definition) is 1. The molecule has 1 aliphatic rings. The Bertz CT molecular complexity index is 293. The summed E-state index contributed by atoms with van der Waals surface area (Å²) in [6.07, 6.45) is 4.16. The molecule has 1 aromatic rings. The zero-order valence-electron chi connectivity index (χ0n) is 8.61. The number of pyridine rings is 1. The molecule has 1 fully saturated rings. The standard InChI is InChI=1S/C11H17N3/c1-14(9-11(12)5-6-11)8-10-4-2-3-7-13-10/h2-4,7H,5-6,8-9,12H2,1H3. The Morgan fingerprint density at radius 2 is 2.29 bits per heavy atom. The molecule has 2 rings (SSSR count). The highest BCUT2D eigenvalue weighted by molar-refractivity contribution is 5.05. The van der Waals surface area contributed by atoms with Gasteiger partial charge in [0.25, 0.3) is 0 Å². The maximum absolute atomic E-state index is 6.04. The van der Waals surface area contributed by atoms with E-state index in [2.05, 4.69) is 16.9 Å². The minimum Gasteiger partial charge on any atom is -0.324 e. The summed E-state index contributed by atoms with van der Waals surface area (Å²) in [4.78, 5) is 6.53. The van der Waals surface area contributed by atoms with E-state index in [1.807, 2.05) is 24.4 Å². The average molecular weight is 191 g/mol. The van der Waals surface area contributed by atoms with Crippen LogP contribution in [0.5, 0.6) is 0 Å². The van der Waals surface area contributed by atoms with Crippen LogP contribution in [0.15, 0.2) is 24.4 Å². The third-order valence-corrected chi connectivity index (χ3v) is 2.64. The highest BCUT2D eigenvalue weighted by Gasteiger charge is 2.38. The van der Waals surface area contributed by atoms with Crippen LogP contribution in [-0.4, -0.2) is 29.0 Å². The van der Waals surface area contributed by atoms with Crippen LogP contribution in [0.4, 0.5) is 0 Å². The summed E-state index contributed by atoms with van der Waals surface area (Å²) in [5.41, 5.74) is 7.25. The lowest BCUT2D eigenvalue weighted by atomic mass is 10.2. The van der Waals surface area contributed by atoms with Crippen molar-refractivity contribution in [2.75, 3.05) is 13.6 Å². The van der Waals surface area contributed by atoms with Gasteiger partial charge in [-0.15, -0.1) is 0 Å². The number of aromatic nitrogens is 1. The molecule has 1 aromatic heterocycles. The van der Waals surface area contributed by atoms with Crippen LogP contribution in [-0.2, 0) is 6.54 Å². The van der Waals surface area contributed by atoms with Gasteiger partial charge in [0.1, 0.15) is 0 Å². The van der Waals surface area contributed by atoms with Crippen molar-refractivity contribution in [3.63, 3.8) is 0 Å². The van der Waals surface area contributed by atoms with Crippen molar-refractivity contribution in [3.8, 4) is 0 Å². The van der Waals surface area contributed by atoms with Gasteiger partial charge < -0.3 is 5.73 Å². The molecular weight excluding hydrogens is 174 g/mol. The van der Waals surface area contributed by atoms with Crippen LogP contribution in [0.25, 0.3) is 0 Å². The van der Waals surface area contributed by atoms with Gasteiger partial charge in [-0.25, -0.2) is 0 Å². The predicted octanol–water partition coefficient (Wildman–Crippen LogP) is 1.00. The molecule has 0 amide bonds. The monoisotopic (exact) mass is 191 g/mol. The largest absolute Gasteiger partial charge is 0.324 e. The number of rotatable bonds is 4. The highest BCUT2D eigenvalue weighted by Crippen LogP contribution is 2.32. The van der Waals surface area contributed by atoms with Crippen molar-refractivity contribution in [1.29, 1.82) is 0 Å². The van der Waals surface area contributed by atoms with E-state index in [1.54, 1.807) is 0 Å². The topological polar surface area (TPSA) is 42.2 Å². The van der Waals surface area contributed by atoms with Crippen LogP contribution in [0.1, 0.15) is 18.5 Å². The molecule has 14 heavy (non-hydrogen) atoms. The fourth-order valence-electron chi connectivity index (χ4n) is 1.68. The molecule has 0 aliphatic heterocycles. The Hall–Kier alpha value is -0.930. The molecule has 0 unspecified atom stereocenters. The Labute approximate surface area is 84.9 Å². The quantitative estimate of drug-likeness (QED) is 0.772. The smallest absolute Gasteiger partial charge is 0.0543 e. The lowest BCUT2D eigenvalue weighted by Crippen LogP contribution is -2.36. The summed E-state index contributed by atoms with van der Waals surface area (Å²) in [7, 11) is 2.10. The van der Waals surface area contributed by atoms with Crippen LogP contribution < -0.4 is 5.73 Å². The van der Waals surface area contributed by atoms with Crippen molar-refractivity contribution in [2.24, 2.45) is 5.73 Å². The van der Waals surface area contributed by atoms with Gasteiger partial charge in [0.2, 0.25) is 0 Å². The lowest BCUT2D eigenvalue weighted by Gasteiger charge is -2.20. The average Bonchev–Trinajstić information content (AvgIpc) is 2.84. The Balaban J connectivity index is 1.85. The van der Waals surface area contributed by atoms with E-state index < -0.39 is 0 Å². The fraction of sp³-hybridized carbons (Fsp3) is 0.545. The summed E-state index contributed by atoms with van der Waals surface area (Å²) in [5.74, 6) is 0. The van der Waals surface area contributed by atoms with E-state index >= 15 is 0 Å². The summed E-state index contributed by atoms with van der Waals surface area (Å²) in [6, 6.07) is 6.01. The SMILES string of the molecule is CN(Cc1ccccn1)CC1(N)CC1. The molecule has 76 valence electrons. The highest BCUT2D eigenvalue weighted by atomic mass is 15.1. The van der Waals surface area contributed by atoms with Gasteiger partial charge in [-0.2, -0.15) is 0 Å². The van der Waals surface area contributed by atoms with Crippen molar-refractivity contribution in [2.45, 2.75) is 24.9 Å². The van der Waals surface area contributed by atoms with Crippen LogP contribution in [0.2, 0.25) is 0 Å². The summed E-state index contributed by atoms with van der Waals surface area (Å²) >= 11 is 0. The van der Waals surface area contributed by atoms with Crippen LogP contribution in [0.3, 0.4) is 0 Å². The van der Waals surface area contributed by atoms with Gasteiger partial charge in [-0.05, 0) is 32.0 Å². The molecule has 3 nitrogen and oxygen atoms in total. The summed E-state index contributed by atoms with van der Waals surface area (Å²) in [6.45, 7) is 1.86. The third kappa shape index (κ3) is 2.53. The molecule has 1 heterocycles. The minimum atomic E-state index is 0.101. The first-order chi connectivity index (χ1) is 6.68. The van der Waals surface area contributed by atoms with E-state index in [9.17, 15) is 0 Å². The Morgan fingerprint density at radius 3 is 2.86 bits per heavy atom. The van der Waals surface area contributed by atoms with Gasteiger partial charge in [0.05, 0.1) is 5.69 Å². The number of nitrogens with two attached hydrogens (primary N) is 1. The maximum Gasteiger partial charge on any atom is 0.0543 e. The third-order valence-electron chi connectivity index (χ3n) is 2.64. The van der Waals surface area contributed by atoms with Crippen LogP contribution in [0, 0.1) is 0 Å². The van der Waals surface area contributed by atoms with Crippen molar-refractivity contribution >= 4 is 0 Å². The van der Waals surface area contributed by atoms with E-state index in [1.165, 1.54) is 12.8 Å². The van der Waals surface area contributed by atoms with Gasteiger partial charge >= 0.3 is 0 Å². The van der Waals surface area contributed by atoms with E-state index in [0.717, 1.165) is 18.8 Å². The first kappa shape index (κ1) is 9.62. The van der Waals surface area contributed by atoms with Gasteiger partial charge in [-0.3, -0.25) is 9.88 Å². The molecule has 2 N–H and O–H groups in total. The molecular formula is C11H17N3. The molecule has 1 saturated carbocycles. The first-order valence-electron chi connectivity index (χ1n) is 5.05. The molecule has 0 atom stereocenters. The van der Waals surface area contributed by atoms with Gasteiger partial charge in [0.15, 0.2) is 0 Å². The van der Waals surface area contributed by atoms with E-state index in [0.29, 0.717) is 0 Å². The molecule has 0 saturated heterocycles. The second-order valence-corrected chi connectivity index (χ2v) is 4.36. The van der Waals surface area contributed by atoms with Crippen molar-refractivity contribution in [3.05, 3.63) is 30.1 Å². The zero-order chi connectivity index (χ0) is 10.0. The number of hydrogen-bond acceptors (Lipinski definition) is 3. The molecule has 1 aliphatic carbocycles. The van der Waals surface area contributed by atoms with Crippen molar-refractivity contribution < 1.29 is 0 Å². The number of likely N-dealkylation sites (N-methyl/N-ethyl adjacent to an activating group) is 1. The molecule has 0 spiro atoms. The second-order valence-electron chi connectivity index (χ2n) is 4.36. The number of nitrogens with zero attached hydrogens (tertiary/aromatic N) is 2. The zero-order valence-corrected chi connectivity index (χ0v) is 8.61. The van der Waals surface area contributed by atoms with E-state index in [4.69, 9.17) is 5.73 Å². The lowest BCUT2D eigenvalue weighted by molar-refractivity contribution is 0.292. The predicted molar refractivity (Wildman–Crippen MR) is 56.7 cm³/mol. The molecule has 0 aromatic carbocycles. The van der Waals surface area contributed by atoms with Crippen molar-refractivity contribution in [1.82, 2.24) is 9.88 Å².